The van der Waals surface area contributed by atoms with Gasteiger partial charge in [-0.3, -0.25) is 0 Å². The van der Waals surface area contributed by atoms with Gasteiger partial charge in [0.15, 0.2) is 0 Å². The molecule has 0 bridgehead atoms. The monoisotopic (exact) mass is 357 g/mol. The maximum Gasteiger partial charge on any atom is 0.0796 e. The second-order valence-electron chi connectivity index (χ2n) is 7.43. The van der Waals surface area contributed by atoms with Crippen LogP contribution in [0.2, 0.25) is 0 Å². The molecular formula is C25H27NO. The largest absolute Gasteiger partial charge is 0.388 e. The molecule has 2 aromatic carbocycles. The second kappa shape index (κ2) is 7.98. The number of nitrogens with zero attached hydrogens (tertiary/aromatic N) is 1. The van der Waals surface area contributed by atoms with E-state index in [9.17, 15) is 5.11 Å². The Hall–Kier alpha value is -2.58. The van der Waals surface area contributed by atoms with Crippen molar-refractivity contribution in [2.24, 2.45) is 0 Å². The first-order valence-corrected chi connectivity index (χ1v) is 9.91. The fourth-order valence-electron chi connectivity index (χ4n) is 4.02. The van der Waals surface area contributed by atoms with Gasteiger partial charge in [-0.25, -0.2) is 0 Å². The Kier molecular flexibility index (Phi) is 5.26. The summed E-state index contributed by atoms with van der Waals surface area (Å²) in [6.07, 6.45) is 8.19. The lowest BCUT2D eigenvalue weighted by Crippen LogP contribution is -2.02. The number of rotatable bonds is 6. The summed E-state index contributed by atoms with van der Waals surface area (Å²) >= 11 is 0. The fourth-order valence-corrected chi connectivity index (χ4v) is 4.02. The van der Waals surface area contributed by atoms with E-state index < -0.39 is 0 Å². The first-order valence-electron chi connectivity index (χ1n) is 9.91. The zero-order valence-electron chi connectivity index (χ0n) is 15.9. The van der Waals surface area contributed by atoms with Crippen molar-refractivity contribution in [3.8, 4) is 11.3 Å². The lowest BCUT2D eigenvalue weighted by atomic mass is 10.0. The van der Waals surface area contributed by atoms with Gasteiger partial charge >= 0.3 is 0 Å². The lowest BCUT2D eigenvalue weighted by molar-refractivity contribution is 0.180. The van der Waals surface area contributed by atoms with E-state index in [1.807, 2.05) is 0 Å². The van der Waals surface area contributed by atoms with Crippen LogP contribution in [0.5, 0.6) is 0 Å². The molecule has 1 aromatic heterocycles. The van der Waals surface area contributed by atoms with Crippen molar-refractivity contribution in [3.63, 3.8) is 0 Å². The van der Waals surface area contributed by atoms with E-state index >= 15 is 0 Å². The van der Waals surface area contributed by atoms with Crippen molar-refractivity contribution < 1.29 is 5.11 Å². The molecule has 1 atom stereocenters. The molecule has 2 nitrogen and oxygen atoms in total. The summed E-state index contributed by atoms with van der Waals surface area (Å²) in [5.41, 5.74) is 7.49. The van der Waals surface area contributed by atoms with E-state index in [0.717, 1.165) is 37.8 Å². The molecule has 1 unspecified atom stereocenters. The molecule has 3 aromatic rings. The van der Waals surface area contributed by atoms with Gasteiger partial charge in [-0.2, -0.15) is 0 Å². The van der Waals surface area contributed by atoms with Gasteiger partial charge in [0.2, 0.25) is 0 Å². The number of aromatic nitrogens is 1. The van der Waals surface area contributed by atoms with Crippen molar-refractivity contribution in [3.05, 3.63) is 89.1 Å². The van der Waals surface area contributed by atoms with Gasteiger partial charge in [-0.15, -0.1) is 0 Å². The summed E-state index contributed by atoms with van der Waals surface area (Å²) in [7, 11) is 0. The number of unbranched alkanes of at least 4 members (excludes halogenated alkanes) is 1. The predicted molar refractivity (Wildman–Crippen MR) is 113 cm³/mol. The van der Waals surface area contributed by atoms with Crippen LogP contribution in [0.25, 0.3) is 17.3 Å². The zero-order valence-corrected chi connectivity index (χ0v) is 15.9. The van der Waals surface area contributed by atoms with Gasteiger partial charge in [0.1, 0.15) is 0 Å². The predicted octanol–water partition coefficient (Wildman–Crippen LogP) is 5.94. The van der Waals surface area contributed by atoms with Gasteiger partial charge in [-0.1, -0.05) is 54.6 Å². The van der Waals surface area contributed by atoms with Crippen LogP contribution in [0, 0.1) is 6.92 Å². The minimum absolute atomic E-state index is 0.276. The maximum absolute atomic E-state index is 10.0. The molecule has 138 valence electrons. The minimum atomic E-state index is -0.276. The number of aliphatic hydroxyl groups is 1. The average Bonchev–Trinajstić information content (AvgIpc) is 3.25. The Bertz CT molecular complexity index is 936. The Labute approximate surface area is 161 Å². The normalized spacial score (nSPS) is 16.1. The zero-order chi connectivity index (χ0) is 18.6. The number of aryl methyl sites for hydroxylation is 2. The molecule has 1 aliphatic carbocycles. The Balaban J connectivity index is 1.37. The minimum Gasteiger partial charge on any atom is -0.388 e. The Morgan fingerprint density at radius 2 is 1.93 bits per heavy atom. The number of allylic oxidation sites excluding steroid dienone is 1. The fraction of sp³-hybridized carbons (Fsp3) is 0.280. The van der Waals surface area contributed by atoms with Crippen LogP contribution in [0.4, 0.5) is 0 Å². The molecule has 0 amide bonds. The van der Waals surface area contributed by atoms with Crippen molar-refractivity contribution in [2.45, 2.75) is 45.3 Å². The number of fused-ring (bicyclic) bond motifs is 1. The molecule has 1 aliphatic rings. The summed E-state index contributed by atoms with van der Waals surface area (Å²) in [5, 5.41) is 10.0. The summed E-state index contributed by atoms with van der Waals surface area (Å²) in [6.45, 7) is 3.20. The van der Waals surface area contributed by atoms with Crippen LogP contribution in [-0.4, -0.2) is 9.67 Å². The number of benzene rings is 2. The van der Waals surface area contributed by atoms with Crippen LogP contribution in [0.1, 0.15) is 47.8 Å². The number of hydrogen-bond acceptors (Lipinski definition) is 1. The van der Waals surface area contributed by atoms with Crippen LogP contribution in [-0.2, 0) is 13.0 Å². The molecule has 1 N–H and O–H groups in total. The molecule has 1 heterocycles. The van der Waals surface area contributed by atoms with Crippen molar-refractivity contribution in [1.82, 2.24) is 4.57 Å². The van der Waals surface area contributed by atoms with E-state index in [2.05, 4.69) is 84.3 Å². The van der Waals surface area contributed by atoms with Crippen LogP contribution >= 0.6 is 0 Å². The van der Waals surface area contributed by atoms with E-state index in [4.69, 9.17) is 0 Å². The first-order chi connectivity index (χ1) is 13.2. The Morgan fingerprint density at radius 3 is 2.78 bits per heavy atom. The number of hydrogen-bond donors (Lipinski definition) is 1. The van der Waals surface area contributed by atoms with E-state index in [1.165, 1.54) is 28.1 Å². The molecular weight excluding hydrogens is 330 g/mol. The molecule has 0 fully saturated rings. The first kappa shape index (κ1) is 17.8. The lowest BCUT2D eigenvalue weighted by Gasteiger charge is -2.11. The molecule has 27 heavy (non-hydrogen) atoms. The highest BCUT2D eigenvalue weighted by Gasteiger charge is 2.19. The second-order valence-corrected chi connectivity index (χ2v) is 7.43. The molecule has 0 radical (unpaired) electrons. The quantitative estimate of drug-likeness (QED) is 0.543. The summed E-state index contributed by atoms with van der Waals surface area (Å²) in [4.78, 5) is 0. The summed E-state index contributed by atoms with van der Waals surface area (Å²) in [5.74, 6) is 0. The standard InChI is InChI=1S/C25H27NO/c1-19-11-15-24(22-9-5-2-6-10-22)26(19)17-7-3-4-8-20-12-13-21-14-16-25(27)23(21)18-20/h2,4-6,8-13,15,18,25,27H,3,7,14,16-17H2,1H3/b8-4+. The van der Waals surface area contributed by atoms with E-state index in [0.29, 0.717) is 0 Å². The van der Waals surface area contributed by atoms with Gasteiger partial charge in [0.05, 0.1) is 6.10 Å². The molecule has 0 saturated carbocycles. The van der Waals surface area contributed by atoms with Crippen LogP contribution < -0.4 is 0 Å². The maximum atomic E-state index is 10.0. The van der Waals surface area contributed by atoms with Crippen molar-refractivity contribution in [1.29, 1.82) is 0 Å². The van der Waals surface area contributed by atoms with Crippen molar-refractivity contribution >= 4 is 6.08 Å². The van der Waals surface area contributed by atoms with Crippen molar-refractivity contribution in [2.75, 3.05) is 0 Å². The van der Waals surface area contributed by atoms with Gasteiger partial charge in [0.25, 0.3) is 0 Å². The topological polar surface area (TPSA) is 25.2 Å². The van der Waals surface area contributed by atoms with Crippen LogP contribution in [0.3, 0.4) is 0 Å². The molecule has 0 spiro atoms. The SMILES string of the molecule is Cc1ccc(-c2ccccc2)n1CCC/C=C/c1ccc2c(c1)C(O)CC2. The van der Waals surface area contributed by atoms with Crippen LogP contribution in [0.15, 0.2) is 66.7 Å². The third-order valence-corrected chi connectivity index (χ3v) is 5.55. The van der Waals surface area contributed by atoms with Gasteiger partial charge in [-0.05, 0) is 73.1 Å². The highest BCUT2D eigenvalue weighted by Crippen LogP contribution is 2.31. The van der Waals surface area contributed by atoms with E-state index in [1.54, 1.807) is 0 Å². The van der Waals surface area contributed by atoms with E-state index in [-0.39, 0.29) is 6.10 Å². The van der Waals surface area contributed by atoms with Gasteiger partial charge in [0, 0.05) is 17.9 Å². The molecule has 2 heteroatoms. The van der Waals surface area contributed by atoms with Gasteiger partial charge < -0.3 is 9.67 Å². The Morgan fingerprint density at radius 1 is 1.07 bits per heavy atom. The molecule has 0 saturated heterocycles. The highest BCUT2D eigenvalue weighted by molar-refractivity contribution is 5.60. The number of aliphatic hydroxyl groups excluding tert-OH is 1. The average molecular weight is 357 g/mol. The highest BCUT2D eigenvalue weighted by atomic mass is 16.3. The smallest absolute Gasteiger partial charge is 0.0796 e. The molecule has 4 rings (SSSR count). The third kappa shape index (κ3) is 3.91. The summed E-state index contributed by atoms with van der Waals surface area (Å²) < 4.78 is 2.41. The summed E-state index contributed by atoms with van der Waals surface area (Å²) in [6, 6.07) is 21.5. The third-order valence-electron chi connectivity index (χ3n) is 5.55. The molecule has 0 aliphatic heterocycles.